The smallest absolute Gasteiger partial charge is 0.266 e. The highest BCUT2D eigenvalue weighted by atomic mass is 79.9. The SMILES string of the molecule is Cc1nc(NS(=O)(=O)c2cc(N)cc(Br)c2F)ccc1Br. The average molecular weight is 439 g/mol. The van der Waals surface area contributed by atoms with Crippen LogP contribution in [0.1, 0.15) is 5.69 Å². The Labute approximate surface area is 138 Å². The number of nitrogens with two attached hydrogens (primary N) is 1. The maximum Gasteiger partial charge on any atom is 0.266 e. The minimum atomic E-state index is -4.13. The highest BCUT2D eigenvalue weighted by molar-refractivity contribution is 9.10. The van der Waals surface area contributed by atoms with E-state index in [1.165, 1.54) is 12.1 Å². The summed E-state index contributed by atoms with van der Waals surface area (Å²) in [5, 5.41) is 0. The van der Waals surface area contributed by atoms with E-state index in [0.717, 1.165) is 10.5 Å². The van der Waals surface area contributed by atoms with E-state index >= 15 is 0 Å². The molecule has 0 saturated heterocycles. The van der Waals surface area contributed by atoms with Gasteiger partial charge in [0.05, 0.1) is 10.2 Å². The molecule has 0 bridgehead atoms. The van der Waals surface area contributed by atoms with E-state index in [2.05, 4.69) is 41.6 Å². The van der Waals surface area contributed by atoms with Gasteiger partial charge in [-0.1, -0.05) is 0 Å². The minimum Gasteiger partial charge on any atom is -0.399 e. The molecule has 1 heterocycles. The summed E-state index contributed by atoms with van der Waals surface area (Å²) in [4.78, 5) is 3.51. The van der Waals surface area contributed by atoms with Gasteiger partial charge >= 0.3 is 0 Å². The predicted molar refractivity (Wildman–Crippen MR) is 86.0 cm³/mol. The highest BCUT2D eigenvalue weighted by Crippen LogP contribution is 2.27. The molecule has 1 aromatic carbocycles. The Morgan fingerprint density at radius 1 is 1.24 bits per heavy atom. The number of nitrogen functional groups attached to an aromatic ring is 1. The number of sulfonamides is 1. The molecule has 0 aliphatic heterocycles. The van der Waals surface area contributed by atoms with Gasteiger partial charge in [-0.15, -0.1) is 0 Å². The number of aromatic nitrogens is 1. The van der Waals surface area contributed by atoms with Gasteiger partial charge in [-0.25, -0.2) is 17.8 Å². The van der Waals surface area contributed by atoms with E-state index in [9.17, 15) is 12.8 Å². The number of nitrogens with zero attached hydrogens (tertiary/aromatic N) is 1. The van der Waals surface area contributed by atoms with Gasteiger partial charge in [0.15, 0.2) is 5.82 Å². The van der Waals surface area contributed by atoms with Crippen molar-refractivity contribution >= 4 is 53.4 Å². The van der Waals surface area contributed by atoms with Crippen LogP contribution in [-0.4, -0.2) is 13.4 Å². The number of hydrogen-bond donors (Lipinski definition) is 2. The number of anilines is 2. The van der Waals surface area contributed by atoms with Crippen LogP contribution in [0.15, 0.2) is 38.1 Å². The first kappa shape index (κ1) is 16.2. The molecule has 0 aliphatic carbocycles. The van der Waals surface area contributed by atoms with E-state index in [0.29, 0.717) is 5.69 Å². The third-order valence-corrected chi connectivity index (χ3v) is 5.34. The van der Waals surface area contributed by atoms with Gasteiger partial charge in [-0.05, 0) is 63.0 Å². The molecule has 0 spiro atoms. The van der Waals surface area contributed by atoms with E-state index in [1.807, 2.05) is 0 Å². The van der Waals surface area contributed by atoms with Gasteiger partial charge < -0.3 is 5.73 Å². The summed E-state index contributed by atoms with van der Waals surface area (Å²) < 4.78 is 41.4. The Bertz CT molecular complexity index is 812. The molecule has 5 nitrogen and oxygen atoms in total. The summed E-state index contributed by atoms with van der Waals surface area (Å²) in [7, 11) is -4.13. The quantitative estimate of drug-likeness (QED) is 0.718. The molecule has 1 aromatic heterocycles. The van der Waals surface area contributed by atoms with Gasteiger partial charge in [-0.3, -0.25) is 4.72 Å². The molecule has 0 amide bonds. The summed E-state index contributed by atoms with van der Waals surface area (Å²) >= 11 is 6.19. The topological polar surface area (TPSA) is 85.1 Å². The molecule has 0 radical (unpaired) electrons. The molecule has 0 atom stereocenters. The second-order valence-electron chi connectivity index (χ2n) is 4.18. The number of pyridine rings is 1. The third kappa shape index (κ3) is 3.53. The average Bonchev–Trinajstić information content (AvgIpc) is 2.37. The third-order valence-electron chi connectivity index (χ3n) is 2.57. The summed E-state index contributed by atoms with van der Waals surface area (Å²) in [6.07, 6.45) is 0. The number of hydrogen-bond acceptors (Lipinski definition) is 4. The lowest BCUT2D eigenvalue weighted by molar-refractivity contribution is 0.566. The van der Waals surface area contributed by atoms with Crippen molar-refractivity contribution < 1.29 is 12.8 Å². The lowest BCUT2D eigenvalue weighted by Crippen LogP contribution is -2.16. The van der Waals surface area contributed by atoms with Crippen molar-refractivity contribution in [1.29, 1.82) is 0 Å². The second-order valence-corrected chi connectivity index (χ2v) is 7.54. The van der Waals surface area contributed by atoms with Crippen molar-refractivity contribution in [2.75, 3.05) is 10.5 Å². The molecule has 112 valence electrons. The van der Waals surface area contributed by atoms with Gasteiger partial charge in [-0.2, -0.15) is 0 Å². The van der Waals surface area contributed by atoms with Crippen molar-refractivity contribution in [2.45, 2.75) is 11.8 Å². The van der Waals surface area contributed by atoms with Crippen molar-refractivity contribution in [2.24, 2.45) is 0 Å². The molecule has 0 aliphatic rings. The molecule has 2 aromatic rings. The molecule has 0 saturated carbocycles. The molecular formula is C12H10Br2FN3O2S. The van der Waals surface area contributed by atoms with Crippen LogP contribution in [0.5, 0.6) is 0 Å². The molecule has 0 unspecified atom stereocenters. The van der Waals surface area contributed by atoms with Crippen LogP contribution in [0.3, 0.4) is 0 Å². The first-order chi connectivity index (χ1) is 9.70. The number of halogens is 3. The van der Waals surface area contributed by atoms with Crippen LogP contribution >= 0.6 is 31.9 Å². The van der Waals surface area contributed by atoms with Gasteiger partial charge in [0, 0.05) is 10.2 Å². The molecule has 9 heteroatoms. The predicted octanol–water partition coefficient (Wildman–Crippen LogP) is 3.44. The molecular weight excluding hydrogens is 429 g/mol. The van der Waals surface area contributed by atoms with Crippen LogP contribution < -0.4 is 10.5 Å². The highest BCUT2D eigenvalue weighted by Gasteiger charge is 2.22. The van der Waals surface area contributed by atoms with Crippen molar-refractivity contribution in [1.82, 2.24) is 4.98 Å². The summed E-state index contributed by atoms with van der Waals surface area (Å²) in [5.41, 5.74) is 6.28. The zero-order valence-electron chi connectivity index (χ0n) is 10.7. The summed E-state index contributed by atoms with van der Waals surface area (Å²) in [5.74, 6) is -0.820. The lowest BCUT2D eigenvalue weighted by Gasteiger charge is -2.10. The Hall–Kier alpha value is -1.19. The largest absolute Gasteiger partial charge is 0.399 e. The molecule has 3 N–H and O–H groups in total. The first-order valence-electron chi connectivity index (χ1n) is 5.61. The standard InChI is InChI=1S/C12H10Br2FN3O2S/c1-6-8(13)2-3-11(17-6)18-21(19,20)10-5-7(16)4-9(14)12(10)15/h2-5H,16H2,1H3,(H,17,18). The molecule has 21 heavy (non-hydrogen) atoms. The maximum absolute atomic E-state index is 14.0. The number of rotatable bonds is 3. The monoisotopic (exact) mass is 437 g/mol. The number of aryl methyl sites for hydroxylation is 1. The van der Waals surface area contributed by atoms with Crippen molar-refractivity contribution in [3.05, 3.63) is 44.7 Å². The normalized spacial score (nSPS) is 11.4. The Balaban J connectivity index is 2.45. The Morgan fingerprint density at radius 3 is 2.52 bits per heavy atom. The fourth-order valence-corrected chi connectivity index (χ4v) is 3.54. The number of benzene rings is 1. The fraction of sp³-hybridized carbons (Fsp3) is 0.0833. The first-order valence-corrected chi connectivity index (χ1v) is 8.68. The van der Waals surface area contributed by atoms with Crippen LogP contribution in [0, 0.1) is 12.7 Å². The van der Waals surface area contributed by atoms with E-state index in [4.69, 9.17) is 5.73 Å². The van der Waals surface area contributed by atoms with Crippen LogP contribution in [0.25, 0.3) is 0 Å². The van der Waals surface area contributed by atoms with E-state index in [1.54, 1.807) is 13.0 Å². The second kappa shape index (κ2) is 5.90. The van der Waals surface area contributed by atoms with Gasteiger partial charge in [0.2, 0.25) is 0 Å². The number of nitrogens with one attached hydrogen (secondary N) is 1. The maximum atomic E-state index is 14.0. The van der Waals surface area contributed by atoms with E-state index in [-0.39, 0.29) is 16.0 Å². The van der Waals surface area contributed by atoms with Crippen LogP contribution in [0.4, 0.5) is 15.9 Å². The van der Waals surface area contributed by atoms with Crippen molar-refractivity contribution in [3.8, 4) is 0 Å². The Kier molecular flexibility index (Phi) is 4.54. The fourth-order valence-electron chi connectivity index (χ4n) is 1.57. The van der Waals surface area contributed by atoms with Crippen LogP contribution in [-0.2, 0) is 10.0 Å². The van der Waals surface area contributed by atoms with Gasteiger partial charge in [0.25, 0.3) is 10.0 Å². The summed E-state index contributed by atoms with van der Waals surface area (Å²) in [6, 6.07) is 5.45. The van der Waals surface area contributed by atoms with Crippen LogP contribution in [0.2, 0.25) is 0 Å². The zero-order valence-corrected chi connectivity index (χ0v) is 14.7. The summed E-state index contributed by atoms with van der Waals surface area (Å²) in [6.45, 7) is 1.71. The molecule has 0 fully saturated rings. The van der Waals surface area contributed by atoms with Gasteiger partial charge in [0.1, 0.15) is 10.7 Å². The zero-order chi connectivity index (χ0) is 15.8. The lowest BCUT2D eigenvalue weighted by atomic mass is 10.3. The Morgan fingerprint density at radius 2 is 1.90 bits per heavy atom. The van der Waals surface area contributed by atoms with E-state index < -0.39 is 20.7 Å². The molecule has 2 rings (SSSR count). The van der Waals surface area contributed by atoms with Crippen molar-refractivity contribution in [3.63, 3.8) is 0 Å². The minimum absolute atomic E-state index is 0.0252.